The van der Waals surface area contributed by atoms with E-state index in [1.54, 1.807) is 0 Å². The summed E-state index contributed by atoms with van der Waals surface area (Å²) in [6, 6.07) is 24.3. The molecule has 0 radical (unpaired) electrons. The molecule has 2 fully saturated rings. The number of nitrogens with one attached hydrogen (secondary N) is 1. The third-order valence-corrected chi connectivity index (χ3v) is 7.76. The predicted octanol–water partition coefficient (Wildman–Crippen LogP) is 4.04. The summed E-state index contributed by atoms with van der Waals surface area (Å²) >= 11 is 3.61. The lowest BCUT2D eigenvalue weighted by Crippen LogP contribution is -2.32. The van der Waals surface area contributed by atoms with Crippen LogP contribution in [0, 0.1) is 5.41 Å². The minimum atomic E-state index is -1.15. The number of hydrogen-bond donors (Lipinski definition) is 1. The molecule has 2 heterocycles. The van der Waals surface area contributed by atoms with E-state index in [-0.39, 0.29) is 12.5 Å². The van der Waals surface area contributed by atoms with Gasteiger partial charge in [0.1, 0.15) is 0 Å². The lowest BCUT2D eigenvalue weighted by atomic mass is 9.85. The Hall–Kier alpha value is -3.25. The first-order valence-corrected chi connectivity index (χ1v) is 10.9. The van der Waals surface area contributed by atoms with Gasteiger partial charge in [-0.15, -0.1) is 0 Å². The Kier molecular flexibility index (Phi) is 3.67. The third kappa shape index (κ3) is 2.08. The van der Waals surface area contributed by atoms with Gasteiger partial charge in [-0.25, -0.2) is 0 Å². The zero-order valence-corrected chi connectivity index (χ0v) is 17.9. The van der Waals surface area contributed by atoms with Crippen LogP contribution in [0.1, 0.15) is 17.0 Å². The van der Waals surface area contributed by atoms with Crippen LogP contribution in [0.5, 0.6) is 0 Å². The Morgan fingerprint density at radius 3 is 2.32 bits per heavy atom. The van der Waals surface area contributed by atoms with Crippen molar-refractivity contribution in [1.29, 1.82) is 0 Å². The number of nitrogens with zero attached hydrogens (tertiary/aromatic N) is 1. The van der Waals surface area contributed by atoms with Gasteiger partial charge in [0.05, 0.1) is 10.8 Å². The van der Waals surface area contributed by atoms with Crippen LogP contribution in [0.15, 0.2) is 83.3 Å². The summed E-state index contributed by atoms with van der Waals surface area (Å²) in [5.41, 5.74) is 0.768. The number of halogens is 1. The first-order chi connectivity index (χ1) is 15.0. The Bertz CT molecular complexity index is 1290. The topological polar surface area (TPSA) is 66.5 Å². The second kappa shape index (κ2) is 6.14. The summed E-state index contributed by atoms with van der Waals surface area (Å²) in [5, 5.41) is 2.97. The summed E-state index contributed by atoms with van der Waals surface area (Å²) in [7, 11) is 0. The molecule has 3 atom stereocenters. The van der Waals surface area contributed by atoms with E-state index in [1.807, 2.05) is 78.9 Å². The van der Waals surface area contributed by atoms with Crippen molar-refractivity contribution < 1.29 is 14.4 Å². The average Bonchev–Trinajstić information content (AvgIpc) is 3.16. The number of amides is 2. The molecule has 6 rings (SSSR count). The summed E-state index contributed by atoms with van der Waals surface area (Å²) in [5.74, 6) is -1.71. The van der Waals surface area contributed by atoms with E-state index in [9.17, 15) is 14.4 Å². The zero-order chi connectivity index (χ0) is 21.4. The number of benzene rings is 3. The largest absolute Gasteiger partial charge is 0.325 e. The molecule has 0 unspecified atom stereocenters. The molecule has 1 N–H and O–H groups in total. The second-order valence-electron chi connectivity index (χ2n) is 8.29. The van der Waals surface area contributed by atoms with Crippen LogP contribution in [0.2, 0.25) is 0 Å². The third-order valence-electron chi connectivity index (χ3n) is 7.04. The molecule has 6 heteroatoms. The highest BCUT2D eigenvalue weighted by molar-refractivity contribution is 9.10. The monoisotopic (exact) mass is 472 g/mol. The van der Waals surface area contributed by atoms with Crippen LogP contribution in [-0.4, -0.2) is 24.1 Å². The molecule has 31 heavy (non-hydrogen) atoms. The van der Waals surface area contributed by atoms with Crippen LogP contribution in [0.25, 0.3) is 0 Å². The maximum Gasteiger partial charge on any atom is 0.295 e. The Labute approximate surface area is 187 Å². The van der Waals surface area contributed by atoms with Gasteiger partial charge in [0.25, 0.3) is 5.91 Å². The number of ketones is 1. The van der Waals surface area contributed by atoms with Gasteiger partial charge in [0, 0.05) is 28.3 Å². The van der Waals surface area contributed by atoms with E-state index >= 15 is 0 Å². The van der Waals surface area contributed by atoms with Gasteiger partial charge in [-0.2, -0.15) is 0 Å². The lowest BCUT2D eigenvalue weighted by molar-refractivity contribution is -0.137. The first-order valence-electron chi connectivity index (χ1n) is 10.1. The van der Waals surface area contributed by atoms with Crippen LogP contribution < -0.4 is 10.2 Å². The van der Waals surface area contributed by atoms with Crippen LogP contribution in [0.4, 0.5) is 11.4 Å². The number of carbonyl (C=O) groups excluding carboxylic acids is 3. The minimum Gasteiger partial charge on any atom is -0.325 e. The van der Waals surface area contributed by atoms with Gasteiger partial charge >= 0.3 is 0 Å². The summed E-state index contributed by atoms with van der Waals surface area (Å²) in [6.45, 7) is 0.169. The van der Waals surface area contributed by atoms with E-state index in [1.165, 1.54) is 4.90 Å². The molecule has 3 aromatic rings. The molecule has 152 valence electrons. The number of carbonyl (C=O) groups is 3. The highest BCUT2D eigenvalue weighted by Crippen LogP contribution is 2.79. The maximum absolute atomic E-state index is 13.7. The van der Waals surface area contributed by atoms with Crippen LogP contribution >= 0.6 is 15.9 Å². The first kappa shape index (κ1) is 18.5. The van der Waals surface area contributed by atoms with E-state index in [0.717, 1.165) is 15.6 Å². The fourth-order valence-electron chi connectivity index (χ4n) is 5.80. The van der Waals surface area contributed by atoms with E-state index < -0.39 is 28.4 Å². The molecule has 2 spiro atoms. The average molecular weight is 473 g/mol. The summed E-state index contributed by atoms with van der Waals surface area (Å²) in [6.07, 6.45) is 0. The standard InChI is InChI=1S/C25H17BrN2O3/c26-18-12-6-4-10-16(18)20-24(25(20)17-11-5-7-13-19(17)27-23(25)31)14-28(22(30)21(24)29)15-8-2-1-3-9-15/h1-13,20H,14H2,(H,27,31)/t20-,24+,25+/m0/s1. The number of Topliss-reactive ketones (excluding diaryl/α,β-unsaturated/α-hetero) is 1. The van der Waals surface area contributed by atoms with Gasteiger partial charge in [-0.3, -0.25) is 14.4 Å². The number of fused-ring (bicyclic) bond motifs is 3. The molecular weight excluding hydrogens is 456 g/mol. The van der Waals surface area contributed by atoms with Gasteiger partial charge in [-0.05, 0) is 35.4 Å². The zero-order valence-electron chi connectivity index (χ0n) is 16.3. The van der Waals surface area contributed by atoms with Crippen molar-refractivity contribution in [3.63, 3.8) is 0 Å². The molecule has 3 aromatic carbocycles. The summed E-state index contributed by atoms with van der Waals surface area (Å²) in [4.78, 5) is 42.0. The highest BCUT2D eigenvalue weighted by atomic mass is 79.9. The number of hydrogen-bond acceptors (Lipinski definition) is 3. The lowest BCUT2D eigenvalue weighted by Gasteiger charge is -2.17. The Morgan fingerprint density at radius 1 is 0.871 bits per heavy atom. The molecule has 0 bridgehead atoms. The van der Waals surface area contributed by atoms with E-state index in [4.69, 9.17) is 0 Å². The maximum atomic E-state index is 13.7. The number of rotatable bonds is 2. The Morgan fingerprint density at radius 2 is 1.55 bits per heavy atom. The fraction of sp³-hybridized carbons (Fsp3) is 0.160. The molecule has 2 amide bonds. The van der Waals surface area contributed by atoms with E-state index in [2.05, 4.69) is 21.2 Å². The quantitative estimate of drug-likeness (QED) is 0.572. The molecule has 0 aromatic heterocycles. The van der Waals surface area contributed by atoms with Crippen molar-refractivity contribution in [3.8, 4) is 0 Å². The van der Waals surface area contributed by atoms with E-state index in [0.29, 0.717) is 11.4 Å². The normalized spacial score (nSPS) is 28.4. The van der Waals surface area contributed by atoms with Gasteiger partial charge in [-0.1, -0.05) is 70.5 Å². The van der Waals surface area contributed by atoms with Crippen molar-refractivity contribution in [2.45, 2.75) is 11.3 Å². The van der Waals surface area contributed by atoms with Crippen molar-refractivity contribution in [2.75, 3.05) is 16.8 Å². The molecule has 2 aliphatic heterocycles. The second-order valence-corrected chi connectivity index (χ2v) is 9.14. The van der Waals surface area contributed by atoms with Gasteiger partial charge in [0.15, 0.2) is 0 Å². The SMILES string of the molecule is O=C1C(=O)[C@@]2(CN1c1ccccc1)[C@H](c1ccccc1Br)[C@]21C(=O)Nc2ccccc21. The molecule has 1 saturated carbocycles. The molecule has 5 nitrogen and oxygen atoms in total. The van der Waals surface area contributed by atoms with Crippen molar-refractivity contribution in [1.82, 2.24) is 0 Å². The number of para-hydroxylation sites is 2. The molecule has 3 aliphatic rings. The van der Waals surface area contributed by atoms with Crippen molar-refractivity contribution in [2.24, 2.45) is 5.41 Å². The van der Waals surface area contributed by atoms with Crippen molar-refractivity contribution >= 4 is 44.9 Å². The van der Waals surface area contributed by atoms with Crippen molar-refractivity contribution in [3.05, 3.63) is 94.5 Å². The van der Waals surface area contributed by atoms with Gasteiger partial charge in [0.2, 0.25) is 11.7 Å². The fourth-order valence-corrected chi connectivity index (χ4v) is 6.31. The molecule has 1 saturated heterocycles. The molecular formula is C25H17BrN2O3. The number of anilines is 2. The smallest absolute Gasteiger partial charge is 0.295 e. The highest BCUT2D eigenvalue weighted by Gasteiger charge is 2.89. The molecule has 1 aliphatic carbocycles. The predicted molar refractivity (Wildman–Crippen MR) is 120 cm³/mol. The summed E-state index contributed by atoms with van der Waals surface area (Å²) < 4.78 is 0.826. The van der Waals surface area contributed by atoms with Crippen LogP contribution in [0.3, 0.4) is 0 Å². The Balaban J connectivity index is 1.60. The minimum absolute atomic E-state index is 0.169. The van der Waals surface area contributed by atoms with Crippen LogP contribution in [-0.2, 0) is 19.8 Å². The van der Waals surface area contributed by atoms with Gasteiger partial charge < -0.3 is 10.2 Å².